The lowest BCUT2D eigenvalue weighted by Gasteiger charge is -2.08. The first-order chi connectivity index (χ1) is 8.84. The summed E-state index contributed by atoms with van der Waals surface area (Å²) in [5.41, 5.74) is 0.695. The van der Waals surface area contributed by atoms with Gasteiger partial charge in [-0.2, -0.15) is 0 Å². The summed E-state index contributed by atoms with van der Waals surface area (Å²) < 4.78 is 0. The molecule has 1 heterocycles. The molecule has 0 radical (unpaired) electrons. The fourth-order valence-corrected chi connectivity index (χ4v) is 2.10. The maximum absolute atomic E-state index is 9.89. The second-order valence-electron chi connectivity index (χ2n) is 4.91. The van der Waals surface area contributed by atoms with Crippen LogP contribution in [-0.2, 0) is 0 Å². The molecule has 18 heavy (non-hydrogen) atoms. The number of aromatic nitrogens is 2. The summed E-state index contributed by atoms with van der Waals surface area (Å²) in [6, 6.07) is 0. The molecule has 3 nitrogen and oxygen atoms in total. The first kappa shape index (κ1) is 15.1. The van der Waals surface area contributed by atoms with Gasteiger partial charge in [0.25, 0.3) is 0 Å². The Hall–Kier alpha value is -0.960. The van der Waals surface area contributed by atoms with E-state index in [4.69, 9.17) is 0 Å². The molecular weight excluding hydrogens is 224 g/mol. The summed E-state index contributed by atoms with van der Waals surface area (Å²) in [7, 11) is 0. The predicted octanol–water partition coefficient (Wildman–Crippen LogP) is 4.04. The van der Waals surface area contributed by atoms with Gasteiger partial charge in [-0.1, -0.05) is 58.3 Å². The highest BCUT2D eigenvalue weighted by Gasteiger charge is 2.07. The van der Waals surface area contributed by atoms with Crippen LogP contribution in [0.3, 0.4) is 0 Å². The maximum Gasteiger partial charge on any atom is 0.0975 e. The maximum atomic E-state index is 9.89. The van der Waals surface area contributed by atoms with Crippen LogP contribution in [0, 0.1) is 0 Å². The lowest BCUT2D eigenvalue weighted by Crippen LogP contribution is -2.00. The summed E-state index contributed by atoms with van der Waals surface area (Å²) >= 11 is 0. The van der Waals surface area contributed by atoms with Crippen molar-refractivity contribution in [1.29, 1.82) is 0 Å². The van der Waals surface area contributed by atoms with Gasteiger partial charge in [0.05, 0.1) is 18.0 Å². The van der Waals surface area contributed by atoms with Crippen molar-refractivity contribution in [3.63, 3.8) is 0 Å². The Morgan fingerprint density at radius 3 is 2.28 bits per heavy atom. The van der Waals surface area contributed by atoms with Crippen molar-refractivity contribution in [2.45, 2.75) is 70.8 Å². The van der Waals surface area contributed by atoms with Crippen LogP contribution in [0.25, 0.3) is 0 Å². The molecule has 0 fully saturated rings. The second kappa shape index (κ2) is 10.0. The minimum atomic E-state index is -0.446. The predicted molar refractivity (Wildman–Crippen MR) is 74.2 cm³/mol. The molecule has 0 amide bonds. The Bertz CT molecular complexity index is 290. The molecule has 0 bridgehead atoms. The topological polar surface area (TPSA) is 46.0 Å². The molecule has 102 valence electrons. The molecule has 0 aliphatic rings. The van der Waals surface area contributed by atoms with Crippen molar-refractivity contribution in [3.8, 4) is 0 Å². The summed E-state index contributed by atoms with van der Waals surface area (Å²) in [4.78, 5) is 8.08. The SMILES string of the molecule is CCCCCCCCCCC(O)c1cnccn1. The van der Waals surface area contributed by atoms with E-state index in [9.17, 15) is 5.11 Å². The van der Waals surface area contributed by atoms with Crippen LogP contribution < -0.4 is 0 Å². The zero-order valence-electron chi connectivity index (χ0n) is 11.5. The molecule has 3 heteroatoms. The first-order valence-electron chi connectivity index (χ1n) is 7.28. The van der Waals surface area contributed by atoms with Gasteiger partial charge in [-0.3, -0.25) is 9.97 Å². The van der Waals surface area contributed by atoms with Gasteiger partial charge in [-0.15, -0.1) is 0 Å². The van der Waals surface area contributed by atoms with E-state index in [2.05, 4.69) is 16.9 Å². The van der Waals surface area contributed by atoms with Crippen molar-refractivity contribution in [2.75, 3.05) is 0 Å². The fourth-order valence-electron chi connectivity index (χ4n) is 2.10. The monoisotopic (exact) mass is 250 g/mol. The van der Waals surface area contributed by atoms with E-state index in [1.54, 1.807) is 18.6 Å². The van der Waals surface area contributed by atoms with E-state index < -0.39 is 6.10 Å². The number of unbranched alkanes of at least 4 members (excludes halogenated alkanes) is 7. The highest BCUT2D eigenvalue weighted by Crippen LogP contribution is 2.17. The van der Waals surface area contributed by atoms with Gasteiger partial charge >= 0.3 is 0 Å². The average Bonchev–Trinajstić information content (AvgIpc) is 2.42. The van der Waals surface area contributed by atoms with Crippen molar-refractivity contribution >= 4 is 0 Å². The van der Waals surface area contributed by atoms with E-state index in [1.807, 2.05) is 0 Å². The molecule has 0 saturated carbocycles. The second-order valence-corrected chi connectivity index (χ2v) is 4.91. The highest BCUT2D eigenvalue weighted by molar-refractivity contribution is 4.98. The molecule has 0 saturated heterocycles. The minimum absolute atomic E-state index is 0.446. The van der Waals surface area contributed by atoms with Crippen LogP contribution in [0.1, 0.15) is 76.5 Å². The van der Waals surface area contributed by atoms with Crippen LogP contribution in [0.4, 0.5) is 0 Å². The molecular formula is C15H26N2O. The Morgan fingerprint density at radius 2 is 1.67 bits per heavy atom. The van der Waals surface area contributed by atoms with Gasteiger partial charge < -0.3 is 5.11 Å². The van der Waals surface area contributed by atoms with E-state index in [-0.39, 0.29) is 0 Å². The van der Waals surface area contributed by atoms with Crippen LogP contribution in [0.2, 0.25) is 0 Å². The van der Waals surface area contributed by atoms with Crippen LogP contribution in [0.5, 0.6) is 0 Å². The van der Waals surface area contributed by atoms with Gasteiger partial charge in [0, 0.05) is 12.4 Å². The number of nitrogens with zero attached hydrogens (tertiary/aromatic N) is 2. The van der Waals surface area contributed by atoms with Gasteiger partial charge in [0.2, 0.25) is 0 Å². The molecule has 0 aliphatic heterocycles. The third kappa shape index (κ3) is 6.70. The molecule has 1 unspecified atom stereocenters. The Kier molecular flexibility index (Phi) is 8.40. The Morgan fingerprint density at radius 1 is 1.00 bits per heavy atom. The Labute approximate surface area is 111 Å². The van der Waals surface area contributed by atoms with Crippen LogP contribution in [0.15, 0.2) is 18.6 Å². The van der Waals surface area contributed by atoms with Crippen molar-refractivity contribution in [3.05, 3.63) is 24.3 Å². The van der Waals surface area contributed by atoms with E-state index in [0.29, 0.717) is 5.69 Å². The zero-order valence-corrected chi connectivity index (χ0v) is 11.5. The number of hydrogen-bond acceptors (Lipinski definition) is 3. The molecule has 1 N–H and O–H groups in total. The molecule has 1 atom stereocenters. The molecule has 1 aromatic heterocycles. The normalized spacial score (nSPS) is 12.6. The fraction of sp³-hybridized carbons (Fsp3) is 0.733. The molecule has 0 aliphatic carbocycles. The standard InChI is InChI=1S/C15H26N2O/c1-2-3-4-5-6-7-8-9-10-15(18)14-13-16-11-12-17-14/h11-13,15,18H,2-10H2,1H3. The molecule has 0 aromatic carbocycles. The van der Waals surface area contributed by atoms with E-state index >= 15 is 0 Å². The van der Waals surface area contributed by atoms with Gasteiger partial charge in [-0.25, -0.2) is 0 Å². The smallest absolute Gasteiger partial charge is 0.0975 e. The highest BCUT2D eigenvalue weighted by atomic mass is 16.3. The van der Waals surface area contributed by atoms with Crippen molar-refractivity contribution in [1.82, 2.24) is 9.97 Å². The lowest BCUT2D eigenvalue weighted by molar-refractivity contribution is 0.158. The van der Waals surface area contributed by atoms with Gasteiger partial charge in [0.1, 0.15) is 0 Å². The summed E-state index contributed by atoms with van der Waals surface area (Å²) in [5, 5.41) is 9.89. The third-order valence-electron chi connectivity index (χ3n) is 3.26. The largest absolute Gasteiger partial charge is 0.387 e. The number of hydrogen-bond donors (Lipinski definition) is 1. The van der Waals surface area contributed by atoms with E-state index in [0.717, 1.165) is 12.8 Å². The minimum Gasteiger partial charge on any atom is -0.387 e. The van der Waals surface area contributed by atoms with Crippen LogP contribution in [-0.4, -0.2) is 15.1 Å². The van der Waals surface area contributed by atoms with Gasteiger partial charge in [0.15, 0.2) is 0 Å². The van der Waals surface area contributed by atoms with E-state index in [1.165, 1.54) is 44.9 Å². The van der Waals surface area contributed by atoms with Crippen LogP contribution >= 0.6 is 0 Å². The first-order valence-corrected chi connectivity index (χ1v) is 7.28. The van der Waals surface area contributed by atoms with Crippen molar-refractivity contribution < 1.29 is 5.11 Å². The Balaban J connectivity index is 1.98. The number of rotatable bonds is 10. The summed E-state index contributed by atoms with van der Waals surface area (Å²) in [5.74, 6) is 0. The number of aliphatic hydroxyl groups excluding tert-OH is 1. The molecule has 0 spiro atoms. The van der Waals surface area contributed by atoms with Gasteiger partial charge in [-0.05, 0) is 6.42 Å². The number of aliphatic hydroxyl groups is 1. The average molecular weight is 250 g/mol. The molecule has 1 rings (SSSR count). The van der Waals surface area contributed by atoms with Crippen molar-refractivity contribution in [2.24, 2.45) is 0 Å². The zero-order chi connectivity index (χ0) is 13.1. The lowest BCUT2D eigenvalue weighted by atomic mass is 10.0. The molecule has 1 aromatic rings. The summed E-state index contributed by atoms with van der Waals surface area (Å²) in [6.07, 6.45) is 15.6. The third-order valence-corrected chi connectivity index (χ3v) is 3.26. The quantitative estimate of drug-likeness (QED) is 0.637. The summed E-state index contributed by atoms with van der Waals surface area (Å²) in [6.45, 7) is 2.24.